The number of halogens is 1. The summed E-state index contributed by atoms with van der Waals surface area (Å²) < 4.78 is 15.6. The fourth-order valence-electron chi connectivity index (χ4n) is 3.64. The lowest BCUT2D eigenvalue weighted by Gasteiger charge is -2.10. The highest BCUT2D eigenvalue weighted by atomic mass is 19.1. The molecular weight excluding hydrogens is 367 g/mol. The minimum absolute atomic E-state index is 0. The van der Waals surface area contributed by atoms with Crippen LogP contribution >= 0.6 is 0 Å². The van der Waals surface area contributed by atoms with Gasteiger partial charge in [-0.15, -0.1) is 0 Å². The summed E-state index contributed by atoms with van der Waals surface area (Å²) in [6.45, 7) is 6.33. The zero-order chi connectivity index (χ0) is 21.1. The molecule has 2 heterocycles. The molecule has 1 unspecified atom stereocenters. The van der Waals surface area contributed by atoms with Crippen LogP contribution in [0.15, 0.2) is 36.4 Å². The van der Waals surface area contributed by atoms with E-state index in [9.17, 15) is 9.18 Å². The monoisotopic (exact) mass is 394 g/mol. The van der Waals surface area contributed by atoms with Gasteiger partial charge in [-0.05, 0) is 54.7 Å². The molecule has 1 aliphatic carbocycles. The van der Waals surface area contributed by atoms with Gasteiger partial charge in [0.05, 0.1) is 23.9 Å². The van der Waals surface area contributed by atoms with E-state index in [2.05, 4.69) is 22.5 Å². The van der Waals surface area contributed by atoms with Crippen LogP contribution in [0.1, 0.15) is 44.7 Å². The van der Waals surface area contributed by atoms with Gasteiger partial charge in [0.2, 0.25) is 11.9 Å². The number of rotatable bonds is 3. The van der Waals surface area contributed by atoms with Crippen LogP contribution in [0.25, 0.3) is 10.9 Å². The second kappa shape index (κ2) is 8.44. The predicted octanol–water partition coefficient (Wildman–Crippen LogP) is 4.20. The maximum atomic E-state index is 13.4. The average molecular weight is 394 g/mol. The van der Waals surface area contributed by atoms with Gasteiger partial charge in [0.25, 0.3) is 0 Å². The van der Waals surface area contributed by atoms with Gasteiger partial charge in [-0.25, -0.2) is 4.98 Å². The number of aromatic nitrogens is 2. The van der Waals surface area contributed by atoms with Gasteiger partial charge in [0.15, 0.2) is 0 Å². The third-order valence-corrected chi connectivity index (χ3v) is 5.17. The minimum Gasteiger partial charge on any atom is -0.369 e. The molecule has 29 heavy (non-hydrogen) atoms. The molecule has 6 heteroatoms. The summed E-state index contributed by atoms with van der Waals surface area (Å²) >= 11 is 0. The van der Waals surface area contributed by atoms with Crippen molar-refractivity contribution < 1.29 is 10.6 Å². The molecule has 0 saturated carbocycles. The van der Waals surface area contributed by atoms with Gasteiger partial charge in [-0.2, -0.15) is 9.65 Å². The summed E-state index contributed by atoms with van der Waals surface area (Å²) in [7, 11) is 0. The van der Waals surface area contributed by atoms with Gasteiger partial charge < -0.3 is 10.3 Å². The third-order valence-electron chi connectivity index (χ3n) is 5.17. The Labute approximate surface area is 171 Å². The molecule has 0 bridgehead atoms. The molecule has 0 fully saturated rings. The molecule has 5 nitrogen and oxygen atoms in total. The number of nitrogens with zero attached hydrogens (tertiary/aromatic N) is 3. The quantitative estimate of drug-likeness (QED) is 0.676. The SMILES string of the molecule is CC(C)C(N)=O.CC1Cc2c(n(Cc3cccc(F)n3)c3ccc(C#N)cc23)C1.[HH]. The Bertz CT molecular complexity index is 1100. The lowest BCUT2D eigenvalue weighted by molar-refractivity contribution is -0.120. The number of benzene rings is 1. The van der Waals surface area contributed by atoms with Gasteiger partial charge in [0.1, 0.15) is 0 Å². The highest BCUT2D eigenvalue weighted by Gasteiger charge is 2.26. The van der Waals surface area contributed by atoms with E-state index in [-0.39, 0.29) is 13.3 Å². The first-order valence-electron chi connectivity index (χ1n) is 9.75. The van der Waals surface area contributed by atoms with E-state index in [4.69, 9.17) is 11.0 Å². The molecule has 1 amide bonds. The maximum Gasteiger partial charge on any atom is 0.219 e. The van der Waals surface area contributed by atoms with Crippen molar-refractivity contribution >= 4 is 16.8 Å². The van der Waals surface area contributed by atoms with Crippen molar-refractivity contribution in [2.45, 2.75) is 40.2 Å². The van der Waals surface area contributed by atoms with E-state index in [1.807, 2.05) is 24.3 Å². The number of primary amides is 1. The van der Waals surface area contributed by atoms with E-state index < -0.39 is 5.95 Å². The second-order valence-electron chi connectivity index (χ2n) is 7.88. The van der Waals surface area contributed by atoms with Crippen LogP contribution in [0, 0.1) is 29.1 Å². The largest absolute Gasteiger partial charge is 0.369 e. The number of pyridine rings is 1. The van der Waals surface area contributed by atoms with E-state index in [0.717, 1.165) is 23.7 Å². The lowest BCUT2D eigenvalue weighted by atomic mass is 10.1. The molecule has 0 radical (unpaired) electrons. The van der Waals surface area contributed by atoms with Crippen molar-refractivity contribution in [1.29, 1.82) is 5.26 Å². The molecule has 4 rings (SSSR count). The molecule has 1 atom stereocenters. The van der Waals surface area contributed by atoms with Gasteiger partial charge in [-0.1, -0.05) is 26.8 Å². The Hall–Kier alpha value is -3.20. The van der Waals surface area contributed by atoms with Gasteiger partial charge in [-0.3, -0.25) is 4.79 Å². The molecule has 0 saturated heterocycles. The number of nitriles is 1. The number of hydrogen-bond acceptors (Lipinski definition) is 3. The lowest BCUT2D eigenvalue weighted by Crippen LogP contribution is -2.17. The first-order chi connectivity index (χ1) is 13.8. The molecule has 2 aromatic heterocycles. The van der Waals surface area contributed by atoms with E-state index >= 15 is 0 Å². The maximum absolute atomic E-state index is 13.4. The third kappa shape index (κ3) is 4.45. The zero-order valence-electron chi connectivity index (χ0n) is 16.9. The zero-order valence-corrected chi connectivity index (χ0v) is 16.9. The minimum atomic E-state index is -0.448. The van der Waals surface area contributed by atoms with Crippen molar-refractivity contribution in [2.24, 2.45) is 17.6 Å². The normalized spacial score (nSPS) is 15.0. The first kappa shape index (κ1) is 20.5. The standard InChI is InChI=1S/C19H16FN3.C4H9NO.H2/c1-12-7-15-16-9-13(10-21)5-6-17(16)23(18(15)8-12)11-14-3-2-4-19(20)22-14;1-3(2)4(5)6;/h2-6,9,12H,7-8,11H2,1H3;3H,1-2H3,(H2,5,6);1H. The fraction of sp³-hybridized carbons (Fsp3) is 0.348. The first-order valence-corrected chi connectivity index (χ1v) is 9.75. The molecule has 1 aromatic carbocycles. The second-order valence-corrected chi connectivity index (χ2v) is 7.88. The van der Waals surface area contributed by atoms with Crippen molar-refractivity contribution in [1.82, 2.24) is 9.55 Å². The number of carbonyl (C=O) groups excluding carboxylic acids is 1. The van der Waals surface area contributed by atoms with Crippen LogP contribution in [-0.2, 0) is 24.2 Å². The molecule has 1 aliphatic rings. The molecule has 152 valence electrons. The van der Waals surface area contributed by atoms with Crippen LogP contribution in [0.4, 0.5) is 4.39 Å². The average Bonchev–Trinajstić information content (AvgIpc) is 3.18. The highest BCUT2D eigenvalue weighted by Crippen LogP contribution is 2.36. The molecular formula is C23H27FN4O. The summed E-state index contributed by atoms with van der Waals surface area (Å²) in [5.74, 6) is -0.0994. The topological polar surface area (TPSA) is 84.7 Å². The molecule has 2 N–H and O–H groups in total. The number of fused-ring (bicyclic) bond motifs is 3. The van der Waals surface area contributed by atoms with Crippen LogP contribution in [-0.4, -0.2) is 15.5 Å². The summed E-state index contributed by atoms with van der Waals surface area (Å²) in [6.07, 6.45) is 2.05. The Balaban J connectivity index is 0.000000405. The Morgan fingerprint density at radius 2 is 2.10 bits per heavy atom. The van der Waals surface area contributed by atoms with Crippen LogP contribution in [0.5, 0.6) is 0 Å². The van der Waals surface area contributed by atoms with E-state index in [1.54, 1.807) is 19.9 Å². The van der Waals surface area contributed by atoms with E-state index in [1.165, 1.54) is 17.3 Å². The Morgan fingerprint density at radius 3 is 2.72 bits per heavy atom. The summed E-state index contributed by atoms with van der Waals surface area (Å²) in [6, 6.07) is 12.9. The van der Waals surface area contributed by atoms with Crippen LogP contribution in [0.2, 0.25) is 0 Å². The van der Waals surface area contributed by atoms with Crippen molar-refractivity contribution in [3.8, 4) is 6.07 Å². The number of hydrogen-bond donors (Lipinski definition) is 1. The van der Waals surface area contributed by atoms with Gasteiger partial charge >= 0.3 is 0 Å². The Morgan fingerprint density at radius 1 is 1.38 bits per heavy atom. The molecule has 3 aromatic rings. The number of amides is 1. The summed E-state index contributed by atoms with van der Waals surface area (Å²) in [5, 5.41) is 10.3. The predicted molar refractivity (Wildman–Crippen MR) is 113 cm³/mol. The van der Waals surface area contributed by atoms with Crippen molar-refractivity contribution in [2.75, 3.05) is 0 Å². The smallest absolute Gasteiger partial charge is 0.219 e. The fourth-order valence-corrected chi connectivity index (χ4v) is 3.64. The highest BCUT2D eigenvalue weighted by molar-refractivity contribution is 5.87. The van der Waals surface area contributed by atoms with Crippen LogP contribution < -0.4 is 5.73 Å². The molecule has 0 spiro atoms. The number of carbonyl (C=O) groups is 1. The van der Waals surface area contributed by atoms with Gasteiger partial charge in [0, 0.05) is 23.9 Å². The molecule has 0 aliphatic heterocycles. The Kier molecular flexibility index (Phi) is 5.97. The summed E-state index contributed by atoms with van der Waals surface area (Å²) in [4.78, 5) is 13.9. The van der Waals surface area contributed by atoms with Crippen molar-refractivity contribution in [3.05, 3.63) is 64.9 Å². The number of nitrogens with two attached hydrogens (primary N) is 1. The van der Waals surface area contributed by atoms with Crippen molar-refractivity contribution in [3.63, 3.8) is 0 Å². The van der Waals surface area contributed by atoms with Crippen LogP contribution in [0.3, 0.4) is 0 Å². The van der Waals surface area contributed by atoms with E-state index in [0.29, 0.717) is 23.7 Å². The summed E-state index contributed by atoms with van der Waals surface area (Å²) in [5.41, 5.74) is 9.93.